The number of nitrogens with zero attached hydrogens (tertiary/aromatic N) is 1. The number of aryl methyl sites for hydroxylation is 1. The van der Waals surface area contributed by atoms with E-state index < -0.39 is 19.7 Å². The quantitative estimate of drug-likeness (QED) is 0.399. The molecule has 0 bridgehead atoms. The van der Waals surface area contributed by atoms with Gasteiger partial charge in [0.2, 0.25) is 0 Å². The van der Waals surface area contributed by atoms with Crippen LogP contribution < -0.4 is 4.72 Å². The predicted molar refractivity (Wildman–Crippen MR) is 129 cm³/mol. The van der Waals surface area contributed by atoms with Crippen LogP contribution in [0.3, 0.4) is 0 Å². The van der Waals surface area contributed by atoms with Gasteiger partial charge in [-0.05, 0) is 57.0 Å². The van der Waals surface area contributed by atoms with Gasteiger partial charge in [0.1, 0.15) is 4.75 Å². The van der Waals surface area contributed by atoms with Crippen molar-refractivity contribution in [3.63, 3.8) is 0 Å². The van der Waals surface area contributed by atoms with Crippen molar-refractivity contribution < 1.29 is 8.98 Å². The Balaban J connectivity index is 2.25. The molecule has 1 heterocycles. The molecule has 2 rings (SSSR count). The summed E-state index contributed by atoms with van der Waals surface area (Å²) in [7, 11) is -1.90. The maximum absolute atomic E-state index is 12.8. The summed E-state index contributed by atoms with van der Waals surface area (Å²) in [6.07, 6.45) is 0. The average Bonchev–Trinajstić information content (AvgIpc) is 3.02. The summed E-state index contributed by atoms with van der Waals surface area (Å²) < 4.78 is 22.3. The zero-order valence-corrected chi connectivity index (χ0v) is 21.9. The second-order valence-corrected chi connectivity index (χ2v) is 17.7. The normalized spacial score (nSPS) is 15.4. The first-order valence-corrected chi connectivity index (χ1v) is 15.0. The fourth-order valence-electron chi connectivity index (χ4n) is 2.46. The van der Waals surface area contributed by atoms with Gasteiger partial charge in [0.25, 0.3) is 0 Å². The van der Waals surface area contributed by atoms with Crippen molar-refractivity contribution in [2.45, 2.75) is 77.4 Å². The number of hydrogen-bond donors (Lipinski definition) is 1. The molecule has 7 heteroatoms. The maximum atomic E-state index is 12.8. The van der Waals surface area contributed by atoms with E-state index in [2.05, 4.69) is 67.8 Å². The summed E-state index contributed by atoms with van der Waals surface area (Å²) in [5.74, 6) is 0. The lowest BCUT2D eigenvalue weighted by Gasteiger charge is -2.37. The second-order valence-electron chi connectivity index (χ2n) is 10.0. The lowest BCUT2D eigenvalue weighted by Crippen LogP contribution is -2.46. The van der Waals surface area contributed by atoms with Crippen LogP contribution in [-0.2, 0) is 15.8 Å². The Morgan fingerprint density at radius 1 is 1.14 bits per heavy atom. The molecule has 0 saturated carbocycles. The highest BCUT2D eigenvalue weighted by atomic mass is 32.2. The van der Waals surface area contributed by atoms with E-state index in [9.17, 15) is 4.55 Å². The van der Waals surface area contributed by atoms with Gasteiger partial charge in [-0.2, -0.15) is 0 Å². The van der Waals surface area contributed by atoms with Crippen LogP contribution in [0.1, 0.15) is 58.8 Å². The van der Waals surface area contributed by atoms with E-state index in [0.29, 0.717) is 6.61 Å². The van der Waals surface area contributed by atoms with Gasteiger partial charge in [-0.25, -0.2) is 4.98 Å². The molecule has 0 spiro atoms. The van der Waals surface area contributed by atoms with Crippen molar-refractivity contribution >= 4 is 31.0 Å². The van der Waals surface area contributed by atoms with E-state index in [1.807, 2.05) is 33.2 Å². The molecule has 1 aromatic heterocycles. The monoisotopic (exact) mass is 452 g/mol. The van der Waals surface area contributed by atoms with Crippen molar-refractivity contribution in [1.82, 2.24) is 9.71 Å². The minimum atomic E-state index is -1.90. The van der Waals surface area contributed by atoms with Gasteiger partial charge >= 0.3 is 0 Å². The molecule has 2 atom stereocenters. The first-order valence-electron chi connectivity index (χ1n) is 10.0. The summed E-state index contributed by atoms with van der Waals surface area (Å²) in [6, 6.07) is 8.34. The van der Waals surface area contributed by atoms with Gasteiger partial charge in [0, 0.05) is 11.4 Å². The van der Waals surface area contributed by atoms with Crippen molar-refractivity contribution in [2.75, 3.05) is 6.61 Å². The van der Waals surface area contributed by atoms with Crippen LogP contribution >= 0.6 is 11.3 Å². The minimum absolute atomic E-state index is 0.124. The minimum Gasteiger partial charge on any atom is -0.598 e. The lowest BCUT2D eigenvalue weighted by molar-refractivity contribution is 0.256. The molecule has 0 saturated heterocycles. The Bertz CT molecular complexity index is 792. The summed E-state index contributed by atoms with van der Waals surface area (Å²) in [6.45, 7) is 19.7. The Morgan fingerprint density at radius 3 is 2.17 bits per heavy atom. The number of rotatable bonds is 7. The van der Waals surface area contributed by atoms with Crippen molar-refractivity contribution in [2.24, 2.45) is 0 Å². The Labute approximate surface area is 184 Å². The zero-order chi connectivity index (χ0) is 22.0. The molecule has 0 aliphatic rings. The highest BCUT2D eigenvalue weighted by molar-refractivity contribution is 7.90. The topological polar surface area (TPSA) is 57.2 Å². The van der Waals surface area contributed by atoms with Crippen molar-refractivity contribution in [3.8, 4) is 10.4 Å². The molecule has 0 fully saturated rings. The summed E-state index contributed by atoms with van der Waals surface area (Å²) in [5, 5.41) is 0.133. The van der Waals surface area contributed by atoms with E-state index in [-0.39, 0.29) is 15.8 Å². The highest BCUT2D eigenvalue weighted by Crippen LogP contribution is 2.37. The molecule has 1 aromatic carbocycles. The SMILES string of the molecule is Cc1ncsc1-c1ccc([C@H](CO[Si](C)(C)C(C)(C)C)N[S@@+]([O-])C(C)(C)C)cc1. The molecule has 29 heavy (non-hydrogen) atoms. The van der Waals surface area contributed by atoms with Crippen molar-refractivity contribution in [1.29, 1.82) is 0 Å². The highest BCUT2D eigenvalue weighted by Gasteiger charge is 2.38. The molecule has 4 nitrogen and oxygen atoms in total. The summed E-state index contributed by atoms with van der Waals surface area (Å²) >= 11 is 0.474. The molecule has 0 aliphatic heterocycles. The molecule has 0 radical (unpaired) electrons. The second kappa shape index (κ2) is 9.20. The predicted octanol–water partition coefficient (Wildman–Crippen LogP) is 6.23. The van der Waals surface area contributed by atoms with Crippen LogP contribution in [0, 0.1) is 6.92 Å². The van der Waals surface area contributed by atoms with Crippen LogP contribution in [0.2, 0.25) is 18.1 Å². The molecule has 162 valence electrons. The fraction of sp³-hybridized carbons (Fsp3) is 0.591. The van der Waals surface area contributed by atoms with E-state index >= 15 is 0 Å². The Hall–Kier alpha value is -0.703. The molecule has 1 N–H and O–H groups in total. The van der Waals surface area contributed by atoms with Crippen LogP contribution in [0.15, 0.2) is 29.8 Å². The molecule has 2 aromatic rings. The fourth-order valence-corrected chi connectivity index (χ4v) is 5.10. The van der Waals surface area contributed by atoms with Crippen LogP contribution in [0.4, 0.5) is 0 Å². The van der Waals surface area contributed by atoms with Gasteiger partial charge in [-0.15, -0.1) is 16.1 Å². The maximum Gasteiger partial charge on any atom is 0.192 e. The third-order valence-corrected chi connectivity index (χ3v) is 12.6. The average molecular weight is 453 g/mol. The third kappa shape index (κ3) is 6.39. The van der Waals surface area contributed by atoms with Gasteiger partial charge < -0.3 is 8.98 Å². The third-order valence-electron chi connectivity index (χ3n) is 5.54. The Kier molecular flexibility index (Phi) is 7.79. The van der Waals surface area contributed by atoms with E-state index in [1.54, 1.807) is 11.3 Å². The number of thiazole rings is 1. The first kappa shape index (κ1) is 24.6. The number of benzene rings is 1. The van der Waals surface area contributed by atoms with E-state index in [0.717, 1.165) is 16.8 Å². The summed E-state index contributed by atoms with van der Waals surface area (Å²) in [4.78, 5) is 5.54. The van der Waals surface area contributed by atoms with Crippen molar-refractivity contribution in [3.05, 3.63) is 41.0 Å². The molecular formula is C22H36N2O2S2Si. The smallest absolute Gasteiger partial charge is 0.192 e. The molecule has 0 aliphatic carbocycles. The van der Waals surface area contributed by atoms with Crippen LogP contribution in [-0.4, -0.2) is 29.2 Å². The van der Waals surface area contributed by atoms with Gasteiger partial charge in [-0.1, -0.05) is 45.0 Å². The van der Waals surface area contributed by atoms with Gasteiger partial charge in [0.05, 0.1) is 28.7 Å². The van der Waals surface area contributed by atoms with E-state index in [1.165, 1.54) is 4.88 Å². The number of hydrogen-bond acceptors (Lipinski definition) is 5. The van der Waals surface area contributed by atoms with Gasteiger partial charge in [-0.3, -0.25) is 0 Å². The largest absolute Gasteiger partial charge is 0.598 e. The first-order chi connectivity index (χ1) is 13.2. The molecular weight excluding hydrogens is 416 g/mol. The zero-order valence-electron chi connectivity index (χ0n) is 19.3. The van der Waals surface area contributed by atoms with Crippen LogP contribution in [0.5, 0.6) is 0 Å². The van der Waals surface area contributed by atoms with Gasteiger partial charge in [0.15, 0.2) is 8.32 Å². The van der Waals surface area contributed by atoms with Crippen LogP contribution in [0.25, 0.3) is 10.4 Å². The summed E-state index contributed by atoms with van der Waals surface area (Å²) in [5.41, 5.74) is 5.18. The lowest BCUT2D eigenvalue weighted by atomic mass is 10.0. The molecule has 0 amide bonds. The Morgan fingerprint density at radius 2 is 1.72 bits per heavy atom. The van der Waals surface area contributed by atoms with E-state index in [4.69, 9.17) is 4.43 Å². The number of nitrogens with one attached hydrogen (secondary N) is 1. The standard InChI is InChI=1S/C22H36N2O2S2Si/c1-16-20(27-15-23-16)18-12-10-17(11-13-18)19(24-28(25)21(2,3)4)14-26-29(8,9)22(5,6)7/h10-13,15,19,24H,14H2,1-9H3/t19-,28-/m0/s1. The molecule has 0 unspecified atom stereocenters. The number of aromatic nitrogens is 1.